The minimum atomic E-state index is 0.867. The van der Waals surface area contributed by atoms with E-state index in [1.54, 1.807) is 6.33 Å². The second kappa shape index (κ2) is 8.79. The van der Waals surface area contributed by atoms with Crippen LogP contribution in [-0.4, -0.2) is 61.3 Å². The number of hydrogen-bond acceptors (Lipinski definition) is 6. The van der Waals surface area contributed by atoms with Crippen LogP contribution in [-0.2, 0) is 11.2 Å². The quantitative estimate of drug-likeness (QED) is 0.710. The molecular formula is C15H27N5O. The summed E-state index contributed by atoms with van der Waals surface area (Å²) in [5.41, 5.74) is 1.19. The summed E-state index contributed by atoms with van der Waals surface area (Å²) in [6, 6.07) is 0. The Hall–Kier alpha value is -1.40. The lowest BCUT2D eigenvalue weighted by Gasteiger charge is -2.26. The second-order valence-corrected chi connectivity index (χ2v) is 5.28. The van der Waals surface area contributed by atoms with E-state index in [1.807, 2.05) is 7.05 Å². The van der Waals surface area contributed by atoms with Gasteiger partial charge in [-0.25, -0.2) is 9.97 Å². The molecule has 0 aromatic carbocycles. The van der Waals surface area contributed by atoms with Crippen molar-refractivity contribution in [3.8, 4) is 0 Å². The first-order chi connectivity index (χ1) is 10.3. The maximum absolute atomic E-state index is 5.36. The molecule has 1 saturated heterocycles. The molecule has 0 saturated carbocycles. The van der Waals surface area contributed by atoms with E-state index in [9.17, 15) is 0 Å². The molecule has 6 nitrogen and oxygen atoms in total. The summed E-state index contributed by atoms with van der Waals surface area (Å²) in [6.07, 6.45) is 4.81. The van der Waals surface area contributed by atoms with Gasteiger partial charge in [-0.2, -0.15) is 0 Å². The first kappa shape index (κ1) is 16.0. The Bertz CT molecular complexity index is 421. The molecule has 1 aliphatic rings. The fourth-order valence-corrected chi connectivity index (χ4v) is 2.60. The molecule has 0 radical (unpaired) electrons. The van der Waals surface area contributed by atoms with E-state index in [-0.39, 0.29) is 0 Å². The van der Waals surface area contributed by atoms with Crippen molar-refractivity contribution in [2.45, 2.75) is 26.2 Å². The lowest BCUT2D eigenvalue weighted by molar-refractivity contribution is 0.0378. The number of hydrogen-bond donors (Lipinski definition) is 2. The van der Waals surface area contributed by atoms with E-state index in [4.69, 9.17) is 4.74 Å². The molecule has 6 heteroatoms. The zero-order valence-electron chi connectivity index (χ0n) is 13.2. The molecule has 1 aromatic rings. The van der Waals surface area contributed by atoms with Crippen molar-refractivity contribution in [2.75, 3.05) is 57.1 Å². The highest BCUT2D eigenvalue weighted by atomic mass is 16.5. The minimum absolute atomic E-state index is 0.867. The molecule has 0 bridgehead atoms. The summed E-state index contributed by atoms with van der Waals surface area (Å²) in [5.74, 6) is 1.90. The average Bonchev–Trinajstić information content (AvgIpc) is 2.54. The molecule has 1 aliphatic heterocycles. The number of nitrogens with one attached hydrogen (secondary N) is 2. The van der Waals surface area contributed by atoms with E-state index in [1.165, 1.54) is 5.56 Å². The van der Waals surface area contributed by atoms with Crippen LogP contribution < -0.4 is 10.6 Å². The van der Waals surface area contributed by atoms with Gasteiger partial charge < -0.3 is 15.4 Å². The van der Waals surface area contributed by atoms with Crippen molar-refractivity contribution >= 4 is 11.6 Å². The first-order valence-electron chi connectivity index (χ1n) is 7.90. The molecule has 2 rings (SSSR count). The van der Waals surface area contributed by atoms with E-state index in [0.717, 1.165) is 70.3 Å². The summed E-state index contributed by atoms with van der Waals surface area (Å²) in [4.78, 5) is 11.1. The van der Waals surface area contributed by atoms with Crippen molar-refractivity contribution in [3.63, 3.8) is 0 Å². The van der Waals surface area contributed by atoms with Gasteiger partial charge in [-0.15, -0.1) is 0 Å². The third-order valence-electron chi connectivity index (χ3n) is 3.73. The second-order valence-electron chi connectivity index (χ2n) is 5.28. The van der Waals surface area contributed by atoms with Gasteiger partial charge in [-0.3, -0.25) is 4.90 Å². The smallest absolute Gasteiger partial charge is 0.134 e. The Labute approximate surface area is 127 Å². The van der Waals surface area contributed by atoms with Gasteiger partial charge in [-0.1, -0.05) is 13.3 Å². The molecule has 2 N–H and O–H groups in total. The van der Waals surface area contributed by atoms with Crippen LogP contribution in [0.15, 0.2) is 6.33 Å². The zero-order valence-corrected chi connectivity index (χ0v) is 13.2. The van der Waals surface area contributed by atoms with Crippen LogP contribution in [0.3, 0.4) is 0 Å². The topological polar surface area (TPSA) is 62.3 Å². The fourth-order valence-electron chi connectivity index (χ4n) is 2.60. The molecule has 0 unspecified atom stereocenters. The first-order valence-corrected chi connectivity index (χ1v) is 7.90. The highest BCUT2D eigenvalue weighted by Gasteiger charge is 2.11. The fraction of sp³-hybridized carbons (Fsp3) is 0.733. The largest absolute Gasteiger partial charge is 0.379 e. The molecule has 0 amide bonds. The number of morpholine rings is 1. The van der Waals surface area contributed by atoms with Crippen molar-refractivity contribution in [1.82, 2.24) is 14.9 Å². The number of rotatable bonds is 8. The van der Waals surface area contributed by atoms with Crippen LogP contribution in [0.2, 0.25) is 0 Å². The van der Waals surface area contributed by atoms with Crippen LogP contribution in [0, 0.1) is 0 Å². The normalized spacial score (nSPS) is 15.9. The van der Waals surface area contributed by atoms with Crippen LogP contribution in [0.25, 0.3) is 0 Å². The molecule has 0 spiro atoms. The van der Waals surface area contributed by atoms with Crippen molar-refractivity contribution in [3.05, 3.63) is 11.9 Å². The van der Waals surface area contributed by atoms with Crippen LogP contribution in [0.1, 0.15) is 25.3 Å². The Morgan fingerprint density at radius 3 is 2.71 bits per heavy atom. The Kier molecular flexibility index (Phi) is 6.69. The van der Waals surface area contributed by atoms with Gasteiger partial charge in [0.1, 0.15) is 18.0 Å². The number of anilines is 2. The van der Waals surface area contributed by atoms with E-state index in [2.05, 4.69) is 32.4 Å². The molecule has 0 aliphatic carbocycles. The Morgan fingerprint density at radius 2 is 2.00 bits per heavy atom. The van der Waals surface area contributed by atoms with E-state index < -0.39 is 0 Å². The highest BCUT2D eigenvalue weighted by molar-refractivity contribution is 5.57. The van der Waals surface area contributed by atoms with E-state index in [0.29, 0.717) is 0 Å². The van der Waals surface area contributed by atoms with Gasteiger partial charge >= 0.3 is 0 Å². The molecule has 2 heterocycles. The highest BCUT2D eigenvalue weighted by Crippen LogP contribution is 2.21. The minimum Gasteiger partial charge on any atom is -0.379 e. The van der Waals surface area contributed by atoms with Gasteiger partial charge in [0.25, 0.3) is 0 Å². The maximum Gasteiger partial charge on any atom is 0.134 e. The summed E-state index contributed by atoms with van der Waals surface area (Å²) < 4.78 is 5.36. The lowest BCUT2D eigenvalue weighted by atomic mass is 10.1. The van der Waals surface area contributed by atoms with Gasteiger partial charge in [0.15, 0.2) is 0 Å². The van der Waals surface area contributed by atoms with E-state index >= 15 is 0 Å². The monoisotopic (exact) mass is 293 g/mol. The summed E-state index contributed by atoms with van der Waals surface area (Å²) in [6.45, 7) is 8.07. The van der Waals surface area contributed by atoms with Gasteiger partial charge in [0.2, 0.25) is 0 Å². The van der Waals surface area contributed by atoms with Crippen LogP contribution in [0.5, 0.6) is 0 Å². The SMILES string of the molecule is CCCc1c(NC)ncnc1NCCCN1CCOCC1. The van der Waals surface area contributed by atoms with Crippen LogP contribution in [0.4, 0.5) is 11.6 Å². The Balaban J connectivity index is 1.81. The molecule has 1 aromatic heterocycles. The van der Waals surface area contributed by atoms with Crippen molar-refractivity contribution in [1.29, 1.82) is 0 Å². The molecular weight excluding hydrogens is 266 g/mol. The predicted molar refractivity (Wildman–Crippen MR) is 85.9 cm³/mol. The van der Waals surface area contributed by atoms with Gasteiger partial charge in [0.05, 0.1) is 13.2 Å². The van der Waals surface area contributed by atoms with Crippen LogP contribution >= 0.6 is 0 Å². The summed E-state index contributed by atoms with van der Waals surface area (Å²) >= 11 is 0. The zero-order chi connectivity index (χ0) is 14.9. The summed E-state index contributed by atoms with van der Waals surface area (Å²) in [7, 11) is 1.91. The van der Waals surface area contributed by atoms with Gasteiger partial charge in [-0.05, 0) is 19.4 Å². The third kappa shape index (κ3) is 4.82. The molecule has 0 atom stereocenters. The summed E-state index contributed by atoms with van der Waals surface area (Å²) in [5, 5.41) is 6.61. The number of aromatic nitrogens is 2. The number of ether oxygens (including phenoxy) is 1. The predicted octanol–water partition coefficient (Wildman–Crippen LogP) is 1.60. The maximum atomic E-state index is 5.36. The molecule has 21 heavy (non-hydrogen) atoms. The molecule has 118 valence electrons. The standard InChI is InChI=1S/C15H27N5O/c1-3-5-13-14(16-2)18-12-19-15(13)17-6-4-7-20-8-10-21-11-9-20/h12H,3-11H2,1-2H3,(H2,16,17,18,19). The van der Waals surface area contributed by atoms with Crippen molar-refractivity contribution in [2.24, 2.45) is 0 Å². The third-order valence-corrected chi connectivity index (χ3v) is 3.73. The van der Waals surface area contributed by atoms with Crippen molar-refractivity contribution < 1.29 is 4.74 Å². The Morgan fingerprint density at radius 1 is 1.24 bits per heavy atom. The average molecular weight is 293 g/mol. The lowest BCUT2D eigenvalue weighted by Crippen LogP contribution is -2.37. The van der Waals surface area contributed by atoms with Gasteiger partial charge in [0, 0.05) is 32.2 Å². The number of nitrogens with zero attached hydrogens (tertiary/aromatic N) is 3. The molecule has 1 fully saturated rings.